The third-order valence-corrected chi connectivity index (χ3v) is 0.566. The average Bonchev–Trinajstić information content (AvgIpc) is 1.72. The van der Waals surface area contributed by atoms with Gasteiger partial charge in [0.05, 0.1) is 0 Å². The quantitative estimate of drug-likeness (QED) is 0.470. The SMILES string of the molecule is [CH].c1ccncc1. The average molecular weight is 92.1 g/mol. The lowest BCUT2D eigenvalue weighted by Gasteiger charge is -1.70. The molecule has 7 heavy (non-hydrogen) atoms. The normalized spacial score (nSPS) is 6.86. The molecule has 35 valence electrons. The number of rotatable bonds is 0. The van der Waals surface area contributed by atoms with Gasteiger partial charge in [0.1, 0.15) is 0 Å². The van der Waals surface area contributed by atoms with E-state index >= 15 is 0 Å². The molecular weight excluding hydrogens is 86.1 g/mol. The summed E-state index contributed by atoms with van der Waals surface area (Å²) in [6, 6.07) is 5.72. The first-order valence-corrected chi connectivity index (χ1v) is 1.85. The highest BCUT2D eigenvalue weighted by Gasteiger charge is 1.58. The molecule has 1 nitrogen and oxygen atoms in total. The molecule has 0 amide bonds. The third kappa shape index (κ3) is 1.93. The third-order valence-electron chi connectivity index (χ3n) is 0.566. The molecule has 0 fully saturated rings. The molecule has 0 N–H and O–H groups in total. The van der Waals surface area contributed by atoms with Crippen LogP contribution in [0.5, 0.6) is 0 Å². The fraction of sp³-hybridized carbons (Fsp3) is 0. The maximum absolute atomic E-state index is 3.78. The molecule has 0 saturated carbocycles. The summed E-state index contributed by atoms with van der Waals surface area (Å²) in [6.45, 7) is 0. The molecule has 3 radical (unpaired) electrons. The standard InChI is InChI=1S/C5H5N.CH/c1-2-4-6-5-3-1;/h1-5H;1H. The first-order chi connectivity index (χ1) is 3.00. The molecule has 1 rings (SSSR count). The summed E-state index contributed by atoms with van der Waals surface area (Å²) in [5, 5.41) is 0. The molecule has 1 heterocycles. The van der Waals surface area contributed by atoms with Gasteiger partial charge >= 0.3 is 0 Å². The summed E-state index contributed by atoms with van der Waals surface area (Å²) >= 11 is 0. The Hall–Kier alpha value is -0.850. The van der Waals surface area contributed by atoms with Crippen LogP contribution in [0.3, 0.4) is 0 Å². The lowest BCUT2D eigenvalue weighted by molar-refractivity contribution is 1.33. The molecule has 0 aliphatic heterocycles. The summed E-state index contributed by atoms with van der Waals surface area (Å²) in [6.07, 6.45) is 3.50. The van der Waals surface area contributed by atoms with Crippen LogP contribution >= 0.6 is 0 Å². The van der Waals surface area contributed by atoms with Gasteiger partial charge in [0.2, 0.25) is 0 Å². The van der Waals surface area contributed by atoms with Crippen LogP contribution in [-0.4, -0.2) is 4.98 Å². The van der Waals surface area contributed by atoms with E-state index in [1.165, 1.54) is 0 Å². The highest BCUT2D eigenvalue weighted by atomic mass is 14.6. The van der Waals surface area contributed by atoms with E-state index < -0.39 is 0 Å². The predicted molar refractivity (Wildman–Crippen MR) is 28.5 cm³/mol. The number of pyridine rings is 1. The van der Waals surface area contributed by atoms with Gasteiger partial charge in [0.15, 0.2) is 0 Å². The molecule has 0 saturated heterocycles. The Bertz CT molecular complexity index is 76.1. The van der Waals surface area contributed by atoms with Crippen LogP contribution in [0, 0.1) is 7.43 Å². The fourth-order valence-electron chi connectivity index (χ4n) is 0.313. The minimum Gasteiger partial charge on any atom is -0.265 e. The molecule has 1 aromatic rings. The Labute approximate surface area is 44.0 Å². The second-order valence-electron chi connectivity index (χ2n) is 1.02. The van der Waals surface area contributed by atoms with E-state index in [4.69, 9.17) is 0 Å². The van der Waals surface area contributed by atoms with Crippen molar-refractivity contribution in [3.8, 4) is 0 Å². The molecule has 0 unspecified atom stereocenters. The van der Waals surface area contributed by atoms with E-state index in [2.05, 4.69) is 4.98 Å². The molecule has 0 aliphatic carbocycles. The van der Waals surface area contributed by atoms with Gasteiger partial charge in [-0.1, -0.05) is 6.07 Å². The van der Waals surface area contributed by atoms with Crippen LogP contribution in [-0.2, 0) is 0 Å². The van der Waals surface area contributed by atoms with Crippen LogP contribution in [0.1, 0.15) is 0 Å². The molecule has 0 aromatic carbocycles. The van der Waals surface area contributed by atoms with Crippen LogP contribution in [0.15, 0.2) is 30.6 Å². The first kappa shape index (κ1) is 6.15. The van der Waals surface area contributed by atoms with E-state index in [9.17, 15) is 0 Å². The summed E-state index contributed by atoms with van der Waals surface area (Å²) < 4.78 is 0. The predicted octanol–water partition coefficient (Wildman–Crippen LogP) is 1.29. The Morgan fingerprint density at radius 1 is 0.857 bits per heavy atom. The van der Waals surface area contributed by atoms with Crippen molar-refractivity contribution >= 4 is 0 Å². The van der Waals surface area contributed by atoms with Crippen LogP contribution in [0.25, 0.3) is 0 Å². The smallest absolute Gasteiger partial charge is 0.0267 e. The highest BCUT2D eigenvalue weighted by molar-refractivity contribution is 4.88. The topological polar surface area (TPSA) is 12.9 Å². The second kappa shape index (κ2) is 3.34. The molecule has 0 bridgehead atoms. The number of nitrogens with zero attached hydrogens (tertiary/aromatic N) is 1. The minimum atomic E-state index is 0. The number of hydrogen-bond donors (Lipinski definition) is 0. The van der Waals surface area contributed by atoms with Crippen LogP contribution in [0.2, 0.25) is 0 Å². The van der Waals surface area contributed by atoms with Gasteiger partial charge in [0.25, 0.3) is 0 Å². The van der Waals surface area contributed by atoms with Crippen molar-refractivity contribution in [3.05, 3.63) is 38.0 Å². The van der Waals surface area contributed by atoms with Gasteiger partial charge in [-0.25, -0.2) is 0 Å². The number of hydrogen-bond acceptors (Lipinski definition) is 1. The van der Waals surface area contributed by atoms with Gasteiger partial charge in [-0.2, -0.15) is 0 Å². The Morgan fingerprint density at radius 3 is 1.57 bits per heavy atom. The largest absolute Gasteiger partial charge is 0.265 e. The summed E-state index contributed by atoms with van der Waals surface area (Å²) in [5.74, 6) is 0. The lowest BCUT2D eigenvalue weighted by atomic mass is 10.5. The van der Waals surface area contributed by atoms with E-state index in [-0.39, 0.29) is 7.43 Å². The van der Waals surface area contributed by atoms with Crippen molar-refractivity contribution in [2.24, 2.45) is 0 Å². The van der Waals surface area contributed by atoms with E-state index in [1.54, 1.807) is 12.4 Å². The van der Waals surface area contributed by atoms with Crippen LogP contribution < -0.4 is 0 Å². The molecular formula is C6H6N. The van der Waals surface area contributed by atoms with E-state index in [0.29, 0.717) is 0 Å². The molecule has 1 aromatic heterocycles. The van der Waals surface area contributed by atoms with Crippen molar-refractivity contribution < 1.29 is 0 Å². The van der Waals surface area contributed by atoms with Gasteiger partial charge in [-0.15, -0.1) is 0 Å². The Kier molecular flexibility index (Phi) is 2.94. The molecule has 0 spiro atoms. The maximum atomic E-state index is 3.78. The summed E-state index contributed by atoms with van der Waals surface area (Å²) in [7, 11) is 0. The highest BCUT2D eigenvalue weighted by Crippen LogP contribution is 1.73. The zero-order valence-corrected chi connectivity index (χ0v) is 3.91. The van der Waals surface area contributed by atoms with Gasteiger partial charge in [0, 0.05) is 12.4 Å². The first-order valence-electron chi connectivity index (χ1n) is 1.85. The second-order valence-corrected chi connectivity index (χ2v) is 1.02. The van der Waals surface area contributed by atoms with Crippen molar-refractivity contribution in [3.63, 3.8) is 0 Å². The zero-order valence-electron chi connectivity index (χ0n) is 3.91. The van der Waals surface area contributed by atoms with E-state index in [0.717, 1.165) is 0 Å². The lowest BCUT2D eigenvalue weighted by Crippen LogP contribution is -1.58. The van der Waals surface area contributed by atoms with Crippen molar-refractivity contribution in [1.29, 1.82) is 0 Å². The van der Waals surface area contributed by atoms with Crippen molar-refractivity contribution in [1.82, 2.24) is 4.98 Å². The maximum Gasteiger partial charge on any atom is 0.0267 e. The fourth-order valence-corrected chi connectivity index (χ4v) is 0.313. The van der Waals surface area contributed by atoms with Crippen molar-refractivity contribution in [2.75, 3.05) is 0 Å². The molecule has 0 atom stereocenters. The Morgan fingerprint density at radius 2 is 1.43 bits per heavy atom. The summed E-state index contributed by atoms with van der Waals surface area (Å²) in [5.41, 5.74) is 0. The molecule has 1 heteroatoms. The van der Waals surface area contributed by atoms with Gasteiger partial charge < -0.3 is 0 Å². The zero-order chi connectivity index (χ0) is 4.24. The Balaban J connectivity index is 0.000000360. The van der Waals surface area contributed by atoms with E-state index in [1.807, 2.05) is 18.2 Å². The molecule has 0 aliphatic rings. The van der Waals surface area contributed by atoms with Crippen molar-refractivity contribution in [2.45, 2.75) is 0 Å². The van der Waals surface area contributed by atoms with Crippen LogP contribution in [0.4, 0.5) is 0 Å². The minimum absolute atomic E-state index is 0. The summed E-state index contributed by atoms with van der Waals surface area (Å²) in [4.78, 5) is 3.78. The number of aromatic nitrogens is 1. The monoisotopic (exact) mass is 92.1 g/mol. The van der Waals surface area contributed by atoms with Gasteiger partial charge in [-0.3, -0.25) is 4.98 Å². The van der Waals surface area contributed by atoms with Gasteiger partial charge in [-0.05, 0) is 19.6 Å².